The van der Waals surface area contributed by atoms with Crippen molar-refractivity contribution in [3.8, 4) is 0 Å². The monoisotopic (exact) mass is 208 g/mol. The van der Waals surface area contributed by atoms with E-state index in [9.17, 15) is 0 Å². The maximum absolute atomic E-state index is 4.36. The van der Waals surface area contributed by atoms with Gasteiger partial charge in [0.1, 0.15) is 5.82 Å². The lowest BCUT2D eigenvalue weighted by Crippen LogP contribution is -2.49. The van der Waals surface area contributed by atoms with E-state index >= 15 is 0 Å². The molecule has 1 aromatic rings. The van der Waals surface area contributed by atoms with Gasteiger partial charge in [0.05, 0.1) is 6.20 Å². The number of hydrogen-bond acceptors (Lipinski definition) is 3. The lowest BCUT2D eigenvalue weighted by molar-refractivity contribution is 0.471. The largest absolute Gasteiger partial charge is 0.354 e. The van der Waals surface area contributed by atoms with Crippen LogP contribution in [0.2, 0.25) is 0 Å². The summed E-state index contributed by atoms with van der Waals surface area (Å²) in [5.74, 6) is 1.27. The van der Waals surface area contributed by atoms with Gasteiger partial charge in [-0.3, -0.25) is 0 Å². The molecule has 1 unspecified atom stereocenters. The smallest absolute Gasteiger partial charge is 0.126 e. The molecule has 1 atom stereocenters. The highest BCUT2D eigenvalue weighted by atomic mass is 15.4. The number of aryl methyl sites for hydroxylation is 1. The maximum atomic E-state index is 4.36. The van der Waals surface area contributed by atoms with Gasteiger partial charge in [-0.2, -0.15) is 5.10 Å². The van der Waals surface area contributed by atoms with Crippen LogP contribution in [0.5, 0.6) is 0 Å². The lowest BCUT2D eigenvalue weighted by atomic mass is 10.2. The SMILES string of the molecule is CCCn1nccc1N1CCNC(C)C1. The zero-order chi connectivity index (χ0) is 10.7. The first-order chi connectivity index (χ1) is 7.31. The summed E-state index contributed by atoms with van der Waals surface area (Å²) in [5.41, 5.74) is 0. The summed E-state index contributed by atoms with van der Waals surface area (Å²) in [7, 11) is 0. The zero-order valence-corrected chi connectivity index (χ0v) is 9.61. The van der Waals surface area contributed by atoms with E-state index in [4.69, 9.17) is 0 Å². The fourth-order valence-corrected chi connectivity index (χ4v) is 2.12. The Morgan fingerprint density at radius 1 is 1.60 bits per heavy atom. The Kier molecular flexibility index (Phi) is 3.26. The summed E-state index contributed by atoms with van der Waals surface area (Å²) in [5, 5.41) is 7.81. The van der Waals surface area contributed by atoms with Gasteiger partial charge in [-0.05, 0) is 13.3 Å². The number of rotatable bonds is 3. The molecule has 1 aromatic heterocycles. The van der Waals surface area contributed by atoms with E-state index in [0.29, 0.717) is 6.04 Å². The van der Waals surface area contributed by atoms with Crippen LogP contribution in [0.25, 0.3) is 0 Å². The summed E-state index contributed by atoms with van der Waals surface area (Å²) in [6, 6.07) is 2.69. The van der Waals surface area contributed by atoms with Gasteiger partial charge in [0.2, 0.25) is 0 Å². The number of nitrogens with one attached hydrogen (secondary N) is 1. The molecule has 0 spiro atoms. The molecule has 1 fully saturated rings. The Bertz CT molecular complexity index is 307. The van der Waals surface area contributed by atoms with E-state index in [1.54, 1.807) is 0 Å². The summed E-state index contributed by atoms with van der Waals surface area (Å²) < 4.78 is 2.11. The third-order valence-corrected chi connectivity index (χ3v) is 2.82. The molecule has 2 heterocycles. The predicted octanol–water partition coefficient (Wildman–Crippen LogP) is 1.09. The third-order valence-electron chi connectivity index (χ3n) is 2.82. The summed E-state index contributed by atoms with van der Waals surface area (Å²) in [6.45, 7) is 8.66. The zero-order valence-electron chi connectivity index (χ0n) is 9.61. The normalized spacial score (nSPS) is 22.0. The van der Waals surface area contributed by atoms with Gasteiger partial charge in [0, 0.05) is 38.3 Å². The van der Waals surface area contributed by atoms with Crippen molar-refractivity contribution in [1.29, 1.82) is 0 Å². The van der Waals surface area contributed by atoms with Crippen molar-refractivity contribution in [1.82, 2.24) is 15.1 Å². The van der Waals surface area contributed by atoms with Crippen LogP contribution in [-0.4, -0.2) is 35.5 Å². The van der Waals surface area contributed by atoms with Crippen LogP contribution in [0, 0.1) is 0 Å². The fourth-order valence-electron chi connectivity index (χ4n) is 2.12. The molecule has 1 aliphatic rings. The molecule has 0 amide bonds. The van der Waals surface area contributed by atoms with Crippen molar-refractivity contribution in [2.75, 3.05) is 24.5 Å². The minimum absolute atomic E-state index is 0.573. The maximum Gasteiger partial charge on any atom is 0.126 e. The molecular weight excluding hydrogens is 188 g/mol. The second-order valence-electron chi connectivity index (χ2n) is 4.21. The van der Waals surface area contributed by atoms with E-state index in [0.717, 1.165) is 32.6 Å². The molecule has 1 aliphatic heterocycles. The van der Waals surface area contributed by atoms with Crippen molar-refractivity contribution in [2.45, 2.75) is 32.9 Å². The third kappa shape index (κ3) is 2.31. The highest BCUT2D eigenvalue weighted by molar-refractivity contribution is 5.39. The van der Waals surface area contributed by atoms with E-state index in [2.05, 4.69) is 39.9 Å². The molecule has 0 saturated carbocycles. The van der Waals surface area contributed by atoms with Crippen LogP contribution in [0.1, 0.15) is 20.3 Å². The van der Waals surface area contributed by atoms with Crippen molar-refractivity contribution in [3.63, 3.8) is 0 Å². The molecule has 0 radical (unpaired) electrons. The van der Waals surface area contributed by atoms with Crippen molar-refractivity contribution in [2.24, 2.45) is 0 Å². The Morgan fingerprint density at radius 3 is 3.20 bits per heavy atom. The average Bonchev–Trinajstić information content (AvgIpc) is 2.66. The summed E-state index contributed by atoms with van der Waals surface area (Å²) >= 11 is 0. The van der Waals surface area contributed by atoms with Gasteiger partial charge in [-0.1, -0.05) is 6.92 Å². The Balaban J connectivity index is 2.10. The summed E-state index contributed by atoms with van der Waals surface area (Å²) in [6.07, 6.45) is 3.04. The van der Waals surface area contributed by atoms with Crippen molar-refractivity contribution < 1.29 is 0 Å². The van der Waals surface area contributed by atoms with Gasteiger partial charge < -0.3 is 10.2 Å². The van der Waals surface area contributed by atoms with Crippen LogP contribution in [0.15, 0.2) is 12.3 Å². The fraction of sp³-hybridized carbons (Fsp3) is 0.727. The average molecular weight is 208 g/mol. The minimum Gasteiger partial charge on any atom is -0.354 e. The first-order valence-corrected chi connectivity index (χ1v) is 5.81. The second kappa shape index (κ2) is 4.66. The quantitative estimate of drug-likeness (QED) is 0.807. The van der Waals surface area contributed by atoms with Gasteiger partial charge in [0.25, 0.3) is 0 Å². The standard InChI is InChI=1S/C11H20N4/c1-3-7-15-11(4-5-13-15)14-8-6-12-10(2)9-14/h4-5,10,12H,3,6-9H2,1-2H3. The first kappa shape index (κ1) is 10.5. The second-order valence-corrected chi connectivity index (χ2v) is 4.21. The Labute approximate surface area is 91.3 Å². The summed E-state index contributed by atoms with van der Waals surface area (Å²) in [4.78, 5) is 2.42. The van der Waals surface area contributed by atoms with Gasteiger partial charge in [-0.25, -0.2) is 4.68 Å². The molecular formula is C11H20N4. The van der Waals surface area contributed by atoms with Crippen molar-refractivity contribution in [3.05, 3.63) is 12.3 Å². The molecule has 84 valence electrons. The molecule has 0 aliphatic carbocycles. The van der Waals surface area contributed by atoms with Crippen molar-refractivity contribution >= 4 is 5.82 Å². The van der Waals surface area contributed by atoms with Crippen LogP contribution in [0.3, 0.4) is 0 Å². The topological polar surface area (TPSA) is 33.1 Å². The minimum atomic E-state index is 0.573. The first-order valence-electron chi connectivity index (χ1n) is 5.81. The van der Waals surface area contributed by atoms with Gasteiger partial charge >= 0.3 is 0 Å². The molecule has 1 saturated heterocycles. The Morgan fingerprint density at radius 2 is 2.47 bits per heavy atom. The number of piperazine rings is 1. The Hall–Kier alpha value is -1.03. The highest BCUT2D eigenvalue weighted by Crippen LogP contribution is 2.15. The van der Waals surface area contributed by atoms with Crippen LogP contribution in [-0.2, 0) is 6.54 Å². The number of hydrogen-bond donors (Lipinski definition) is 1. The molecule has 4 heteroatoms. The lowest BCUT2D eigenvalue weighted by Gasteiger charge is -2.33. The van der Waals surface area contributed by atoms with E-state index in [1.165, 1.54) is 5.82 Å². The predicted molar refractivity (Wildman–Crippen MR) is 62.2 cm³/mol. The van der Waals surface area contributed by atoms with Crippen LogP contribution >= 0.6 is 0 Å². The van der Waals surface area contributed by atoms with Crippen LogP contribution < -0.4 is 10.2 Å². The molecule has 2 rings (SSSR count). The molecule has 1 N–H and O–H groups in total. The van der Waals surface area contributed by atoms with E-state index in [-0.39, 0.29) is 0 Å². The molecule has 15 heavy (non-hydrogen) atoms. The number of anilines is 1. The molecule has 0 bridgehead atoms. The van der Waals surface area contributed by atoms with Gasteiger partial charge in [-0.15, -0.1) is 0 Å². The van der Waals surface area contributed by atoms with E-state index in [1.807, 2.05) is 6.20 Å². The highest BCUT2D eigenvalue weighted by Gasteiger charge is 2.18. The molecule has 4 nitrogen and oxygen atoms in total. The van der Waals surface area contributed by atoms with E-state index < -0.39 is 0 Å². The number of aromatic nitrogens is 2. The van der Waals surface area contributed by atoms with Gasteiger partial charge in [0.15, 0.2) is 0 Å². The van der Waals surface area contributed by atoms with Crippen LogP contribution in [0.4, 0.5) is 5.82 Å². The number of nitrogens with zero attached hydrogens (tertiary/aromatic N) is 3. The molecule has 0 aromatic carbocycles.